The number of carbonyl (C=O) groups is 2. The molecule has 3 rings (SSSR count). The van der Waals surface area contributed by atoms with Crippen LogP contribution >= 0.6 is 12.4 Å². The molecule has 0 bridgehead atoms. The molecule has 1 saturated heterocycles. The van der Waals surface area contributed by atoms with Gasteiger partial charge in [0.1, 0.15) is 0 Å². The molecular weight excluding hydrogens is 302 g/mol. The van der Waals surface area contributed by atoms with Gasteiger partial charge in [0.2, 0.25) is 5.91 Å². The van der Waals surface area contributed by atoms with E-state index < -0.39 is 0 Å². The molecule has 2 aliphatic rings. The highest BCUT2D eigenvalue weighted by molar-refractivity contribution is 5.96. The number of benzene rings is 1. The Balaban J connectivity index is 0.00000176. The maximum absolute atomic E-state index is 12.1. The van der Waals surface area contributed by atoms with Gasteiger partial charge < -0.3 is 16.0 Å². The van der Waals surface area contributed by atoms with Crippen molar-refractivity contribution in [2.75, 3.05) is 18.4 Å². The van der Waals surface area contributed by atoms with Crippen LogP contribution in [0.1, 0.15) is 36.0 Å². The summed E-state index contributed by atoms with van der Waals surface area (Å²) in [5.41, 5.74) is 1.39. The minimum atomic E-state index is -0.0336. The highest BCUT2D eigenvalue weighted by Crippen LogP contribution is 2.20. The molecule has 1 aliphatic heterocycles. The van der Waals surface area contributed by atoms with Gasteiger partial charge in [0, 0.05) is 23.2 Å². The Morgan fingerprint density at radius 2 is 1.64 bits per heavy atom. The van der Waals surface area contributed by atoms with Crippen LogP contribution in [0.3, 0.4) is 0 Å². The number of carbonyl (C=O) groups excluding carboxylic acids is 2. The quantitative estimate of drug-likeness (QED) is 0.793. The number of hydrogen-bond donors (Lipinski definition) is 3. The third-order valence-electron chi connectivity index (χ3n) is 4.04. The number of halogens is 1. The van der Waals surface area contributed by atoms with Gasteiger partial charge in [-0.2, -0.15) is 0 Å². The summed E-state index contributed by atoms with van der Waals surface area (Å²) in [6.07, 6.45) is 3.92. The molecule has 0 aromatic heterocycles. The van der Waals surface area contributed by atoms with Crippen LogP contribution in [-0.4, -0.2) is 30.9 Å². The first-order chi connectivity index (χ1) is 10.2. The van der Waals surface area contributed by atoms with Crippen LogP contribution in [0.4, 0.5) is 5.69 Å². The van der Waals surface area contributed by atoms with E-state index in [0.717, 1.165) is 44.5 Å². The van der Waals surface area contributed by atoms with Crippen LogP contribution in [0, 0.1) is 5.92 Å². The molecule has 2 fully saturated rings. The molecule has 22 heavy (non-hydrogen) atoms. The first-order valence-electron chi connectivity index (χ1n) is 7.65. The van der Waals surface area contributed by atoms with Gasteiger partial charge in [-0.15, -0.1) is 12.4 Å². The van der Waals surface area contributed by atoms with Crippen LogP contribution < -0.4 is 16.0 Å². The predicted octanol–water partition coefficient (Wildman–Crippen LogP) is 1.94. The molecule has 1 heterocycles. The molecule has 0 unspecified atom stereocenters. The van der Waals surface area contributed by atoms with Gasteiger partial charge in [0.15, 0.2) is 0 Å². The summed E-state index contributed by atoms with van der Waals surface area (Å²) in [6, 6.07) is 7.46. The van der Waals surface area contributed by atoms with E-state index in [1.807, 2.05) is 0 Å². The summed E-state index contributed by atoms with van der Waals surface area (Å²) >= 11 is 0. The molecule has 3 N–H and O–H groups in total. The SMILES string of the molecule is Cl.O=C(NC1CC1)c1ccc(NC(=O)C2CCNCC2)cc1. The lowest BCUT2D eigenvalue weighted by molar-refractivity contribution is -0.120. The first kappa shape index (κ1) is 16.8. The number of anilines is 1. The van der Waals surface area contributed by atoms with Crippen molar-refractivity contribution in [1.82, 2.24) is 10.6 Å². The van der Waals surface area contributed by atoms with Crippen molar-refractivity contribution in [3.63, 3.8) is 0 Å². The Bertz CT molecular complexity index is 523. The van der Waals surface area contributed by atoms with Crippen LogP contribution in [0.5, 0.6) is 0 Å². The molecule has 1 saturated carbocycles. The van der Waals surface area contributed by atoms with E-state index in [-0.39, 0.29) is 30.1 Å². The van der Waals surface area contributed by atoms with Crippen LogP contribution in [0.15, 0.2) is 24.3 Å². The molecule has 0 atom stereocenters. The number of hydrogen-bond acceptors (Lipinski definition) is 3. The zero-order valence-electron chi connectivity index (χ0n) is 12.4. The summed E-state index contributed by atoms with van der Waals surface area (Å²) in [4.78, 5) is 24.0. The largest absolute Gasteiger partial charge is 0.349 e. The number of amides is 2. The summed E-state index contributed by atoms with van der Waals surface area (Å²) in [5, 5.41) is 9.13. The van der Waals surface area contributed by atoms with Gasteiger partial charge in [-0.05, 0) is 63.0 Å². The zero-order valence-corrected chi connectivity index (χ0v) is 13.2. The van der Waals surface area contributed by atoms with E-state index in [2.05, 4.69) is 16.0 Å². The molecule has 120 valence electrons. The lowest BCUT2D eigenvalue weighted by Crippen LogP contribution is -2.34. The van der Waals surface area contributed by atoms with Crippen LogP contribution in [0.25, 0.3) is 0 Å². The molecule has 2 amide bonds. The third kappa shape index (κ3) is 4.45. The van der Waals surface area contributed by atoms with E-state index in [4.69, 9.17) is 0 Å². The Morgan fingerprint density at radius 1 is 1.00 bits per heavy atom. The molecule has 0 radical (unpaired) electrons. The summed E-state index contributed by atoms with van der Waals surface area (Å²) in [7, 11) is 0. The fraction of sp³-hybridized carbons (Fsp3) is 0.500. The maximum Gasteiger partial charge on any atom is 0.251 e. The Hall–Kier alpha value is -1.59. The van der Waals surface area contributed by atoms with E-state index in [9.17, 15) is 9.59 Å². The van der Waals surface area contributed by atoms with Crippen molar-refractivity contribution in [1.29, 1.82) is 0 Å². The van der Waals surface area contributed by atoms with Crippen LogP contribution in [-0.2, 0) is 4.79 Å². The molecule has 1 aromatic carbocycles. The molecule has 6 heteroatoms. The molecule has 5 nitrogen and oxygen atoms in total. The molecule has 1 aromatic rings. The fourth-order valence-corrected chi connectivity index (χ4v) is 2.53. The summed E-state index contributed by atoms with van der Waals surface area (Å²) < 4.78 is 0. The van der Waals surface area contributed by atoms with Gasteiger partial charge in [0.05, 0.1) is 0 Å². The molecular formula is C16H22ClN3O2. The Kier molecular flexibility index (Phi) is 5.80. The fourth-order valence-electron chi connectivity index (χ4n) is 2.53. The normalized spacial score (nSPS) is 18.2. The van der Waals surface area contributed by atoms with E-state index >= 15 is 0 Å². The lowest BCUT2D eigenvalue weighted by atomic mass is 9.97. The van der Waals surface area contributed by atoms with Crippen molar-refractivity contribution in [3.8, 4) is 0 Å². The van der Waals surface area contributed by atoms with Gasteiger partial charge in [-0.3, -0.25) is 9.59 Å². The average Bonchev–Trinajstić information content (AvgIpc) is 3.33. The summed E-state index contributed by atoms with van der Waals surface area (Å²) in [5.74, 6) is 0.129. The Labute approximate surface area is 136 Å². The minimum Gasteiger partial charge on any atom is -0.349 e. The van der Waals surface area contributed by atoms with Crippen molar-refractivity contribution in [2.24, 2.45) is 5.92 Å². The van der Waals surface area contributed by atoms with E-state index in [1.54, 1.807) is 24.3 Å². The summed E-state index contributed by atoms with van der Waals surface area (Å²) in [6.45, 7) is 1.80. The second-order valence-electron chi connectivity index (χ2n) is 5.84. The molecule has 1 aliphatic carbocycles. The van der Waals surface area contributed by atoms with E-state index in [0.29, 0.717) is 11.6 Å². The minimum absolute atomic E-state index is 0. The number of rotatable bonds is 4. The first-order valence-corrected chi connectivity index (χ1v) is 7.65. The number of nitrogens with one attached hydrogen (secondary N) is 3. The van der Waals surface area contributed by atoms with Crippen LogP contribution in [0.2, 0.25) is 0 Å². The average molecular weight is 324 g/mol. The van der Waals surface area contributed by atoms with Crippen molar-refractivity contribution < 1.29 is 9.59 Å². The second kappa shape index (κ2) is 7.61. The Morgan fingerprint density at radius 3 is 2.23 bits per heavy atom. The number of piperidine rings is 1. The topological polar surface area (TPSA) is 70.2 Å². The van der Waals surface area contributed by atoms with Crippen molar-refractivity contribution >= 4 is 29.9 Å². The predicted molar refractivity (Wildman–Crippen MR) is 88.4 cm³/mol. The van der Waals surface area contributed by atoms with Crippen molar-refractivity contribution in [2.45, 2.75) is 31.7 Å². The second-order valence-corrected chi connectivity index (χ2v) is 5.84. The maximum atomic E-state index is 12.1. The van der Waals surface area contributed by atoms with Gasteiger partial charge >= 0.3 is 0 Å². The highest BCUT2D eigenvalue weighted by Gasteiger charge is 2.24. The highest BCUT2D eigenvalue weighted by atomic mass is 35.5. The smallest absolute Gasteiger partial charge is 0.251 e. The van der Waals surface area contributed by atoms with Gasteiger partial charge in [-0.25, -0.2) is 0 Å². The van der Waals surface area contributed by atoms with E-state index in [1.165, 1.54) is 0 Å². The van der Waals surface area contributed by atoms with Gasteiger partial charge in [0.25, 0.3) is 5.91 Å². The standard InChI is InChI=1S/C16H21N3O2.ClH/c20-15(19-14-5-6-14)11-1-3-13(4-2-11)18-16(21)12-7-9-17-10-8-12;/h1-4,12,14,17H,5-10H2,(H,18,21)(H,19,20);1H. The molecule has 0 spiro atoms. The zero-order chi connectivity index (χ0) is 14.7. The third-order valence-corrected chi connectivity index (χ3v) is 4.04. The monoisotopic (exact) mass is 323 g/mol. The van der Waals surface area contributed by atoms with Gasteiger partial charge in [-0.1, -0.05) is 0 Å². The lowest BCUT2D eigenvalue weighted by Gasteiger charge is -2.21. The van der Waals surface area contributed by atoms with Crippen molar-refractivity contribution in [3.05, 3.63) is 29.8 Å².